The molecule has 1 aromatic carbocycles. The molecular weight excluding hydrogens is 217 g/mol. The number of benzene rings is 1. The highest BCUT2D eigenvalue weighted by atomic mass is 19.1. The largest absolute Gasteiger partial charge is 0.388 e. The monoisotopic (exact) mass is 235 g/mol. The molecule has 2 atom stereocenters. The SMILES string of the molecule is CCC(C)(C#N)C(C)(O)Cc1ccccc1F. The summed E-state index contributed by atoms with van der Waals surface area (Å²) < 4.78 is 13.5. The minimum Gasteiger partial charge on any atom is -0.388 e. The van der Waals surface area contributed by atoms with Gasteiger partial charge < -0.3 is 5.11 Å². The average Bonchev–Trinajstić information content (AvgIpc) is 2.30. The van der Waals surface area contributed by atoms with Crippen LogP contribution in [0.1, 0.15) is 32.8 Å². The van der Waals surface area contributed by atoms with Gasteiger partial charge in [-0.15, -0.1) is 0 Å². The van der Waals surface area contributed by atoms with E-state index >= 15 is 0 Å². The molecule has 1 N–H and O–H groups in total. The molecule has 0 radical (unpaired) electrons. The fraction of sp³-hybridized carbons (Fsp3) is 0.500. The Hall–Kier alpha value is -1.40. The number of nitrogens with zero attached hydrogens (tertiary/aromatic N) is 1. The van der Waals surface area contributed by atoms with E-state index in [0.29, 0.717) is 12.0 Å². The average molecular weight is 235 g/mol. The van der Waals surface area contributed by atoms with Crippen LogP contribution in [0.2, 0.25) is 0 Å². The topological polar surface area (TPSA) is 44.0 Å². The highest BCUT2D eigenvalue weighted by Gasteiger charge is 2.42. The summed E-state index contributed by atoms with van der Waals surface area (Å²) in [6.45, 7) is 5.14. The summed E-state index contributed by atoms with van der Waals surface area (Å²) in [7, 11) is 0. The summed E-state index contributed by atoms with van der Waals surface area (Å²) >= 11 is 0. The lowest BCUT2D eigenvalue weighted by Crippen LogP contribution is -2.44. The minimum absolute atomic E-state index is 0.136. The van der Waals surface area contributed by atoms with Crippen molar-refractivity contribution in [3.63, 3.8) is 0 Å². The molecule has 0 saturated heterocycles. The van der Waals surface area contributed by atoms with E-state index < -0.39 is 11.0 Å². The maximum atomic E-state index is 13.5. The normalized spacial score (nSPS) is 17.9. The van der Waals surface area contributed by atoms with Crippen molar-refractivity contribution < 1.29 is 9.50 Å². The van der Waals surface area contributed by atoms with Crippen molar-refractivity contribution in [3.05, 3.63) is 35.6 Å². The van der Waals surface area contributed by atoms with Crippen molar-refractivity contribution in [1.82, 2.24) is 0 Å². The van der Waals surface area contributed by atoms with Crippen molar-refractivity contribution in [3.8, 4) is 6.07 Å². The van der Waals surface area contributed by atoms with Gasteiger partial charge >= 0.3 is 0 Å². The first-order valence-corrected chi connectivity index (χ1v) is 5.73. The maximum Gasteiger partial charge on any atom is 0.126 e. The van der Waals surface area contributed by atoms with Gasteiger partial charge in [0.25, 0.3) is 0 Å². The van der Waals surface area contributed by atoms with Gasteiger partial charge in [0.2, 0.25) is 0 Å². The van der Waals surface area contributed by atoms with Crippen molar-refractivity contribution in [2.24, 2.45) is 5.41 Å². The zero-order valence-corrected chi connectivity index (χ0v) is 10.5. The molecule has 0 aliphatic rings. The third-order valence-corrected chi connectivity index (χ3v) is 3.64. The second-order valence-corrected chi connectivity index (χ2v) is 4.84. The van der Waals surface area contributed by atoms with Crippen LogP contribution in [0.3, 0.4) is 0 Å². The number of hydrogen-bond acceptors (Lipinski definition) is 2. The number of nitriles is 1. The third kappa shape index (κ3) is 2.65. The van der Waals surface area contributed by atoms with Crippen LogP contribution in [0, 0.1) is 22.6 Å². The second kappa shape index (κ2) is 4.85. The molecule has 0 amide bonds. The van der Waals surface area contributed by atoms with Crippen LogP contribution in [0.15, 0.2) is 24.3 Å². The van der Waals surface area contributed by atoms with Crippen molar-refractivity contribution in [2.75, 3.05) is 0 Å². The molecule has 2 nitrogen and oxygen atoms in total. The molecule has 0 bridgehead atoms. The van der Waals surface area contributed by atoms with E-state index in [1.807, 2.05) is 6.92 Å². The molecule has 92 valence electrons. The van der Waals surface area contributed by atoms with Gasteiger partial charge in [-0.2, -0.15) is 5.26 Å². The van der Waals surface area contributed by atoms with E-state index in [0.717, 1.165) is 0 Å². The van der Waals surface area contributed by atoms with Crippen LogP contribution >= 0.6 is 0 Å². The first-order chi connectivity index (χ1) is 7.86. The van der Waals surface area contributed by atoms with Gasteiger partial charge in [0.05, 0.1) is 17.1 Å². The van der Waals surface area contributed by atoms with E-state index in [9.17, 15) is 9.50 Å². The standard InChI is InChI=1S/C14H18FNO/c1-4-13(2,10-16)14(3,17)9-11-7-5-6-8-12(11)15/h5-8,17H,4,9H2,1-3H3. The third-order valence-electron chi connectivity index (χ3n) is 3.64. The van der Waals surface area contributed by atoms with Gasteiger partial charge in [-0.3, -0.25) is 0 Å². The molecule has 0 heterocycles. The molecule has 0 spiro atoms. The fourth-order valence-electron chi connectivity index (χ4n) is 1.79. The Morgan fingerprint density at radius 2 is 1.94 bits per heavy atom. The molecule has 0 aromatic heterocycles. The van der Waals surface area contributed by atoms with E-state index in [1.54, 1.807) is 32.0 Å². The summed E-state index contributed by atoms with van der Waals surface area (Å²) in [6, 6.07) is 8.47. The van der Waals surface area contributed by atoms with Gasteiger partial charge in [0.1, 0.15) is 5.82 Å². The molecule has 1 aromatic rings. The van der Waals surface area contributed by atoms with Crippen LogP contribution < -0.4 is 0 Å². The lowest BCUT2D eigenvalue weighted by molar-refractivity contribution is -0.0323. The molecule has 2 unspecified atom stereocenters. The van der Waals surface area contributed by atoms with Crippen LogP contribution in [0.4, 0.5) is 4.39 Å². The maximum absolute atomic E-state index is 13.5. The van der Waals surface area contributed by atoms with Gasteiger partial charge in [0.15, 0.2) is 0 Å². The van der Waals surface area contributed by atoms with Crippen molar-refractivity contribution in [1.29, 1.82) is 5.26 Å². The molecule has 0 aliphatic heterocycles. The lowest BCUT2D eigenvalue weighted by Gasteiger charge is -2.37. The molecule has 0 saturated carbocycles. The quantitative estimate of drug-likeness (QED) is 0.871. The van der Waals surface area contributed by atoms with Gasteiger partial charge in [-0.1, -0.05) is 25.1 Å². The zero-order chi connectivity index (χ0) is 13.1. The van der Waals surface area contributed by atoms with E-state index in [-0.39, 0.29) is 12.2 Å². The Balaban J connectivity index is 3.02. The van der Waals surface area contributed by atoms with Crippen LogP contribution in [-0.2, 0) is 6.42 Å². The summed E-state index contributed by atoms with van der Waals surface area (Å²) in [6.07, 6.45) is 0.655. The molecule has 0 aliphatic carbocycles. The fourth-order valence-corrected chi connectivity index (χ4v) is 1.79. The van der Waals surface area contributed by atoms with E-state index in [2.05, 4.69) is 6.07 Å². The highest BCUT2D eigenvalue weighted by Crippen LogP contribution is 2.36. The summed E-state index contributed by atoms with van der Waals surface area (Å²) in [4.78, 5) is 0. The summed E-state index contributed by atoms with van der Waals surface area (Å²) in [5, 5.41) is 19.6. The summed E-state index contributed by atoms with van der Waals surface area (Å²) in [5.41, 5.74) is -1.69. The Kier molecular flexibility index (Phi) is 3.90. The van der Waals surface area contributed by atoms with Gasteiger partial charge in [-0.05, 0) is 31.9 Å². The van der Waals surface area contributed by atoms with Crippen molar-refractivity contribution >= 4 is 0 Å². The molecule has 3 heteroatoms. The molecule has 17 heavy (non-hydrogen) atoms. The first-order valence-electron chi connectivity index (χ1n) is 5.73. The molecule has 1 rings (SSSR count). The molecule has 0 fully saturated rings. The Morgan fingerprint density at radius 1 is 1.35 bits per heavy atom. The van der Waals surface area contributed by atoms with Gasteiger partial charge in [-0.25, -0.2) is 4.39 Å². The van der Waals surface area contributed by atoms with Crippen LogP contribution in [0.5, 0.6) is 0 Å². The smallest absolute Gasteiger partial charge is 0.126 e. The Labute approximate surface area is 102 Å². The first kappa shape index (κ1) is 13.7. The number of rotatable bonds is 4. The number of hydrogen-bond donors (Lipinski definition) is 1. The van der Waals surface area contributed by atoms with Crippen molar-refractivity contribution in [2.45, 2.75) is 39.2 Å². The predicted octanol–water partition coefficient (Wildman–Crippen LogP) is 3.06. The number of halogens is 1. The summed E-state index contributed by atoms with van der Waals surface area (Å²) in [5.74, 6) is -0.343. The Morgan fingerprint density at radius 3 is 2.41 bits per heavy atom. The minimum atomic E-state index is -1.25. The van der Waals surface area contributed by atoms with E-state index in [1.165, 1.54) is 6.07 Å². The zero-order valence-electron chi connectivity index (χ0n) is 10.5. The van der Waals surface area contributed by atoms with Crippen LogP contribution in [0.25, 0.3) is 0 Å². The van der Waals surface area contributed by atoms with E-state index in [4.69, 9.17) is 5.26 Å². The predicted molar refractivity (Wildman–Crippen MR) is 64.7 cm³/mol. The lowest BCUT2D eigenvalue weighted by atomic mass is 9.70. The number of aliphatic hydroxyl groups is 1. The Bertz CT molecular complexity index is 436. The second-order valence-electron chi connectivity index (χ2n) is 4.84. The van der Waals surface area contributed by atoms with Gasteiger partial charge in [0, 0.05) is 6.42 Å². The molecular formula is C14H18FNO. The van der Waals surface area contributed by atoms with Crippen LogP contribution in [-0.4, -0.2) is 10.7 Å². The highest BCUT2D eigenvalue weighted by molar-refractivity contribution is 5.22.